The van der Waals surface area contributed by atoms with E-state index < -0.39 is 42.3 Å². The van der Waals surface area contributed by atoms with Gasteiger partial charge in [-0.15, -0.1) is 0 Å². The fraction of sp³-hybridized carbons (Fsp3) is 0.600. The van der Waals surface area contributed by atoms with E-state index >= 15 is 0 Å². The Hall–Kier alpha value is -2.55. The Kier molecular flexibility index (Phi) is 8.69. The summed E-state index contributed by atoms with van der Waals surface area (Å²) in [7, 11) is 0. The van der Waals surface area contributed by atoms with Crippen LogP contribution in [0.3, 0.4) is 0 Å². The maximum atomic E-state index is 12.0. The van der Waals surface area contributed by atoms with Crippen molar-refractivity contribution >= 4 is 17.7 Å². The first-order chi connectivity index (χ1) is 13.4. The van der Waals surface area contributed by atoms with Crippen LogP contribution in [0.1, 0.15) is 20.1 Å². The quantitative estimate of drug-likeness (QED) is 0.493. The molecule has 2 heterocycles. The molecule has 0 bridgehead atoms. The number of alkyl halides is 3. The predicted octanol–water partition coefficient (Wildman–Crippen LogP) is -0.338. The normalized spacial score (nSPS) is 20.0. The molecule has 1 amide bonds. The number of anilines is 1. The summed E-state index contributed by atoms with van der Waals surface area (Å²) in [5.41, 5.74) is 5.13. The lowest BCUT2D eigenvalue weighted by Crippen LogP contribution is -2.40. The molecule has 1 aromatic heterocycles. The van der Waals surface area contributed by atoms with Gasteiger partial charge in [-0.25, -0.2) is 9.59 Å². The van der Waals surface area contributed by atoms with Crippen molar-refractivity contribution in [3.63, 3.8) is 0 Å². The van der Waals surface area contributed by atoms with Crippen LogP contribution in [-0.2, 0) is 19.1 Å². The van der Waals surface area contributed by atoms with E-state index in [0.29, 0.717) is 0 Å². The average Bonchev–Trinajstić information content (AvgIpc) is 3.09. The van der Waals surface area contributed by atoms with Crippen molar-refractivity contribution < 1.29 is 42.4 Å². The van der Waals surface area contributed by atoms with Crippen LogP contribution in [0.5, 0.6) is 0 Å². The zero-order chi connectivity index (χ0) is 22.4. The molecule has 11 nitrogen and oxygen atoms in total. The fourth-order valence-electron chi connectivity index (χ4n) is 1.90. The first-order valence-electron chi connectivity index (χ1n) is 8.20. The van der Waals surface area contributed by atoms with Gasteiger partial charge in [0.05, 0.1) is 19.3 Å². The molecule has 1 aliphatic rings. The van der Waals surface area contributed by atoms with Gasteiger partial charge in [0, 0.05) is 6.20 Å². The van der Waals surface area contributed by atoms with Crippen molar-refractivity contribution in [1.29, 1.82) is 0 Å². The number of nitrogens with two attached hydrogens (primary N) is 1. The number of carboxylic acid groups (broad SMARTS) is 1. The number of nitrogens with zero attached hydrogens (tertiary/aromatic N) is 2. The van der Waals surface area contributed by atoms with Gasteiger partial charge in [-0.1, -0.05) is 13.8 Å². The number of aliphatic carboxylic acids is 1. The van der Waals surface area contributed by atoms with Crippen LogP contribution in [0.25, 0.3) is 0 Å². The highest BCUT2D eigenvalue weighted by molar-refractivity contribution is 5.93. The summed E-state index contributed by atoms with van der Waals surface area (Å²) >= 11 is 0. The maximum Gasteiger partial charge on any atom is 0.490 e. The minimum absolute atomic E-state index is 0.0279. The first kappa shape index (κ1) is 24.5. The average molecular weight is 426 g/mol. The van der Waals surface area contributed by atoms with E-state index in [9.17, 15) is 22.8 Å². The van der Waals surface area contributed by atoms with Crippen LogP contribution in [0.2, 0.25) is 0 Å². The number of hydrogen-bond donors (Lipinski definition) is 4. The molecule has 14 heteroatoms. The number of hydrogen-bond acceptors (Lipinski definition) is 8. The third kappa shape index (κ3) is 7.41. The van der Waals surface area contributed by atoms with E-state index in [1.165, 1.54) is 16.8 Å². The molecule has 2 rings (SSSR count). The number of nitrogens with one attached hydrogen (secondary N) is 1. The monoisotopic (exact) mass is 426 g/mol. The summed E-state index contributed by atoms with van der Waals surface area (Å²) in [6, 6.07) is 0.795. The number of halogens is 3. The lowest BCUT2D eigenvalue weighted by atomic mass is 10.1. The molecule has 164 valence electrons. The molecule has 1 aliphatic heterocycles. The van der Waals surface area contributed by atoms with Gasteiger partial charge in [0.25, 0.3) is 0 Å². The van der Waals surface area contributed by atoms with E-state index in [0.717, 1.165) is 0 Å². The van der Waals surface area contributed by atoms with Crippen LogP contribution in [0.15, 0.2) is 17.1 Å². The lowest BCUT2D eigenvalue weighted by Gasteiger charge is -2.16. The molecule has 5 N–H and O–H groups in total. The van der Waals surface area contributed by atoms with Crippen LogP contribution >= 0.6 is 0 Å². The Bertz CT molecular complexity index is 769. The molecular weight excluding hydrogens is 405 g/mol. The number of carbonyl (C=O) groups is 2. The largest absolute Gasteiger partial charge is 0.490 e. The maximum absolute atomic E-state index is 12.0. The summed E-state index contributed by atoms with van der Waals surface area (Å²) in [6.45, 7) is 3.49. The van der Waals surface area contributed by atoms with Crippen molar-refractivity contribution in [3.8, 4) is 0 Å². The molecule has 1 fully saturated rings. The van der Waals surface area contributed by atoms with E-state index in [4.69, 9.17) is 30.2 Å². The minimum Gasteiger partial charge on any atom is -0.475 e. The van der Waals surface area contributed by atoms with Crippen LogP contribution < -0.4 is 16.7 Å². The molecule has 0 saturated carbocycles. The molecule has 0 unspecified atom stereocenters. The molecule has 29 heavy (non-hydrogen) atoms. The highest BCUT2D eigenvalue weighted by Gasteiger charge is 2.38. The molecular formula is C15H21F3N4O7. The van der Waals surface area contributed by atoms with Gasteiger partial charge >= 0.3 is 17.8 Å². The third-order valence-electron chi connectivity index (χ3n) is 3.54. The molecule has 1 saturated heterocycles. The first-order valence-corrected chi connectivity index (χ1v) is 8.20. The lowest BCUT2D eigenvalue weighted by molar-refractivity contribution is -0.192. The minimum atomic E-state index is -5.08. The fourth-order valence-corrected chi connectivity index (χ4v) is 1.90. The molecule has 0 aliphatic carbocycles. The van der Waals surface area contributed by atoms with Gasteiger partial charge in [0.1, 0.15) is 5.82 Å². The van der Waals surface area contributed by atoms with Crippen molar-refractivity contribution in [2.45, 2.75) is 38.6 Å². The summed E-state index contributed by atoms with van der Waals surface area (Å²) < 4.78 is 43.4. The number of aliphatic hydroxyl groups is 1. The number of carboxylic acids is 1. The van der Waals surface area contributed by atoms with Gasteiger partial charge in [-0.05, 0) is 12.0 Å². The zero-order valence-corrected chi connectivity index (χ0v) is 15.4. The smallest absolute Gasteiger partial charge is 0.475 e. The summed E-state index contributed by atoms with van der Waals surface area (Å²) in [5, 5.41) is 18.6. The standard InChI is InChI=1S/C13H20N4O5.C2HF3O2/c1-7(2)11(14)12(19)15-8-3-4-17(13(20)16-8)9-6-21-10(5-18)22-9;3-2(4,5)1(6)7/h3-4,7,9-11,18H,5-6,14H2,1-2H3,(H,15,16,19,20);(H,6,7)/t9-,10-,11-;/m0./s1. The Morgan fingerprint density at radius 3 is 2.45 bits per heavy atom. The highest BCUT2D eigenvalue weighted by Crippen LogP contribution is 2.19. The number of ether oxygens (including phenoxy) is 2. The second-order valence-electron chi connectivity index (χ2n) is 6.10. The summed E-state index contributed by atoms with van der Waals surface area (Å²) in [6.07, 6.45) is -5.04. The van der Waals surface area contributed by atoms with Crippen molar-refractivity contribution in [1.82, 2.24) is 9.55 Å². The Morgan fingerprint density at radius 2 is 2.03 bits per heavy atom. The Labute approximate surface area is 162 Å². The predicted molar refractivity (Wildman–Crippen MR) is 90.6 cm³/mol. The number of amides is 1. The summed E-state index contributed by atoms with van der Waals surface area (Å²) in [4.78, 5) is 36.5. The highest BCUT2D eigenvalue weighted by atomic mass is 19.4. The number of carbonyl (C=O) groups excluding carboxylic acids is 1. The molecule has 3 atom stereocenters. The molecule has 0 aromatic carbocycles. The molecule has 0 spiro atoms. The summed E-state index contributed by atoms with van der Waals surface area (Å²) in [5.74, 6) is -3.06. The van der Waals surface area contributed by atoms with Gasteiger partial charge in [-0.3, -0.25) is 9.36 Å². The number of rotatable bonds is 5. The van der Waals surface area contributed by atoms with Crippen molar-refractivity contribution in [2.75, 3.05) is 18.5 Å². The van der Waals surface area contributed by atoms with Crippen molar-refractivity contribution in [3.05, 3.63) is 22.7 Å². The van der Waals surface area contributed by atoms with Gasteiger partial charge in [0.15, 0.2) is 12.5 Å². The van der Waals surface area contributed by atoms with Crippen molar-refractivity contribution in [2.24, 2.45) is 11.7 Å². The van der Waals surface area contributed by atoms with Gasteiger partial charge in [-0.2, -0.15) is 18.2 Å². The Morgan fingerprint density at radius 1 is 1.45 bits per heavy atom. The van der Waals surface area contributed by atoms with Gasteiger partial charge in [0.2, 0.25) is 5.91 Å². The second-order valence-corrected chi connectivity index (χ2v) is 6.10. The number of aliphatic hydroxyl groups excluding tert-OH is 1. The van der Waals surface area contributed by atoms with Crippen LogP contribution in [0.4, 0.5) is 19.0 Å². The van der Waals surface area contributed by atoms with E-state index in [1.54, 1.807) is 0 Å². The molecule has 0 radical (unpaired) electrons. The third-order valence-corrected chi connectivity index (χ3v) is 3.54. The topological polar surface area (TPSA) is 166 Å². The van der Waals surface area contributed by atoms with Crippen LogP contribution in [-0.4, -0.2) is 63.4 Å². The van der Waals surface area contributed by atoms with Gasteiger partial charge < -0.3 is 30.7 Å². The SMILES string of the molecule is CC(C)[C@H](N)C(=O)Nc1ccn([C@@H]2CO[C@H](CO)O2)c(=O)n1.O=C(O)C(F)(F)F. The Balaban J connectivity index is 0.000000516. The van der Waals surface area contributed by atoms with E-state index in [2.05, 4.69) is 10.3 Å². The van der Waals surface area contributed by atoms with E-state index in [1.807, 2.05) is 13.8 Å². The zero-order valence-electron chi connectivity index (χ0n) is 15.4. The second kappa shape index (κ2) is 10.3. The number of aromatic nitrogens is 2. The molecule has 1 aromatic rings. The van der Waals surface area contributed by atoms with Crippen LogP contribution in [0, 0.1) is 5.92 Å². The van der Waals surface area contributed by atoms with E-state index in [-0.39, 0.29) is 24.9 Å².